The van der Waals surface area contributed by atoms with Gasteiger partial charge in [0.2, 0.25) is 0 Å². The minimum absolute atomic E-state index is 0.0170. The van der Waals surface area contributed by atoms with Gasteiger partial charge in [0, 0.05) is 17.6 Å². The van der Waals surface area contributed by atoms with Crippen molar-refractivity contribution in [3.05, 3.63) is 60.2 Å². The van der Waals surface area contributed by atoms with Crippen molar-refractivity contribution in [2.45, 2.75) is 83.4 Å². The second kappa shape index (κ2) is 9.71. The molecular weight excluding hydrogens is 485 g/mol. The van der Waals surface area contributed by atoms with Gasteiger partial charge >= 0.3 is 6.09 Å². The van der Waals surface area contributed by atoms with Crippen LogP contribution in [-0.2, 0) is 11.1 Å². The summed E-state index contributed by atoms with van der Waals surface area (Å²) in [6, 6.07) is 15.6. The number of fused-ring (bicyclic) bond motifs is 3. The second-order valence-electron chi connectivity index (χ2n) is 11.8. The van der Waals surface area contributed by atoms with Crippen LogP contribution in [0.2, 0.25) is 0 Å². The van der Waals surface area contributed by atoms with E-state index in [1.807, 2.05) is 62.4 Å². The summed E-state index contributed by atoms with van der Waals surface area (Å²) in [6.45, 7) is 7.26. The van der Waals surface area contributed by atoms with Crippen LogP contribution in [0.5, 0.6) is 5.75 Å². The van der Waals surface area contributed by atoms with Crippen LogP contribution >= 0.6 is 0 Å². The number of hydrogen-bond donors (Lipinski definition) is 1. The Labute approximate surface area is 223 Å². The Bertz CT molecular complexity index is 1270. The number of alkyl halides is 1. The summed E-state index contributed by atoms with van der Waals surface area (Å²) in [6.07, 6.45) is 4.30. The SMILES string of the molecule is CC(C)Oc1ccc(-c2cccc(N(CC34CCC(c5noc(C(C)(C)F)n5)(CC3)CC4)C(=O)O)c2)cc1. The van der Waals surface area contributed by atoms with Crippen LogP contribution in [0, 0.1) is 5.41 Å². The number of anilines is 1. The Morgan fingerprint density at radius 3 is 2.29 bits per heavy atom. The van der Waals surface area contributed by atoms with Crippen LogP contribution in [0.3, 0.4) is 0 Å². The van der Waals surface area contributed by atoms with Crippen molar-refractivity contribution < 1.29 is 23.6 Å². The quantitative estimate of drug-likeness (QED) is 0.330. The van der Waals surface area contributed by atoms with Gasteiger partial charge in [-0.25, -0.2) is 9.18 Å². The van der Waals surface area contributed by atoms with E-state index >= 15 is 0 Å². The van der Waals surface area contributed by atoms with Crippen LogP contribution < -0.4 is 9.64 Å². The first-order valence-electron chi connectivity index (χ1n) is 13.4. The molecule has 3 aliphatic carbocycles. The van der Waals surface area contributed by atoms with E-state index < -0.39 is 11.8 Å². The second-order valence-corrected chi connectivity index (χ2v) is 11.8. The number of ether oxygens (including phenoxy) is 1. The first-order chi connectivity index (χ1) is 18.0. The molecule has 0 atom stereocenters. The Morgan fingerprint density at radius 2 is 1.74 bits per heavy atom. The first kappa shape index (κ1) is 26.2. The summed E-state index contributed by atoms with van der Waals surface area (Å²) >= 11 is 0. The van der Waals surface area contributed by atoms with Crippen molar-refractivity contribution >= 4 is 11.8 Å². The summed E-state index contributed by atoms with van der Waals surface area (Å²) in [5, 5.41) is 14.4. The number of aromatic nitrogens is 2. The van der Waals surface area contributed by atoms with Crippen molar-refractivity contribution in [1.29, 1.82) is 0 Å². The fourth-order valence-electron chi connectivity index (χ4n) is 5.97. The fraction of sp³-hybridized carbons (Fsp3) is 0.500. The predicted octanol–water partition coefficient (Wildman–Crippen LogP) is 7.51. The fourth-order valence-corrected chi connectivity index (χ4v) is 5.97. The van der Waals surface area contributed by atoms with Gasteiger partial charge in [-0.05, 0) is 107 Å². The molecule has 38 heavy (non-hydrogen) atoms. The highest BCUT2D eigenvalue weighted by Gasteiger charge is 2.52. The average Bonchev–Trinajstić information content (AvgIpc) is 3.41. The van der Waals surface area contributed by atoms with Gasteiger partial charge < -0.3 is 14.4 Å². The van der Waals surface area contributed by atoms with Crippen LogP contribution in [0.25, 0.3) is 11.1 Å². The molecule has 2 bridgehead atoms. The molecule has 3 aliphatic rings. The normalized spacial score (nSPS) is 23.0. The third-order valence-electron chi connectivity index (χ3n) is 8.25. The van der Waals surface area contributed by atoms with Gasteiger partial charge in [0.05, 0.1) is 6.10 Å². The van der Waals surface area contributed by atoms with Crippen LogP contribution in [0.1, 0.15) is 77.9 Å². The summed E-state index contributed by atoms with van der Waals surface area (Å²) in [5.41, 5.74) is 0.642. The van der Waals surface area contributed by atoms with Crippen LogP contribution in [-0.4, -0.2) is 34.0 Å². The molecule has 7 nitrogen and oxygen atoms in total. The van der Waals surface area contributed by atoms with Gasteiger partial charge in [-0.1, -0.05) is 29.4 Å². The maximum atomic E-state index is 14.3. The Morgan fingerprint density at radius 1 is 1.08 bits per heavy atom. The molecule has 1 amide bonds. The van der Waals surface area contributed by atoms with Gasteiger partial charge in [-0.15, -0.1) is 0 Å². The largest absolute Gasteiger partial charge is 0.491 e. The van der Waals surface area contributed by atoms with E-state index in [4.69, 9.17) is 9.26 Å². The summed E-state index contributed by atoms with van der Waals surface area (Å²) in [4.78, 5) is 18.4. The molecule has 0 spiro atoms. The number of halogens is 1. The summed E-state index contributed by atoms with van der Waals surface area (Å²) < 4.78 is 25.3. The monoisotopic (exact) mass is 521 g/mol. The highest BCUT2D eigenvalue weighted by Crippen LogP contribution is 2.57. The predicted molar refractivity (Wildman–Crippen MR) is 143 cm³/mol. The molecule has 1 heterocycles. The minimum Gasteiger partial charge on any atom is -0.491 e. The number of carbonyl (C=O) groups is 1. The Balaban J connectivity index is 1.32. The molecule has 0 radical (unpaired) electrons. The van der Waals surface area contributed by atoms with E-state index in [-0.39, 0.29) is 22.8 Å². The van der Waals surface area contributed by atoms with E-state index in [2.05, 4.69) is 10.1 Å². The molecule has 202 valence electrons. The Kier molecular flexibility index (Phi) is 6.70. The number of nitrogens with zero attached hydrogens (tertiary/aromatic N) is 3. The number of rotatable bonds is 8. The van der Waals surface area contributed by atoms with E-state index in [0.717, 1.165) is 55.4 Å². The molecule has 1 aromatic heterocycles. The molecule has 2 aromatic carbocycles. The summed E-state index contributed by atoms with van der Waals surface area (Å²) in [5.74, 6) is 1.42. The van der Waals surface area contributed by atoms with Crippen molar-refractivity contribution in [3.63, 3.8) is 0 Å². The molecule has 0 aliphatic heterocycles. The van der Waals surface area contributed by atoms with Crippen molar-refractivity contribution in [3.8, 4) is 16.9 Å². The average molecular weight is 522 g/mol. The lowest BCUT2D eigenvalue weighted by Crippen LogP contribution is -2.50. The van der Waals surface area contributed by atoms with E-state index in [0.29, 0.717) is 18.1 Å². The minimum atomic E-state index is -1.67. The summed E-state index contributed by atoms with van der Waals surface area (Å²) in [7, 11) is 0. The van der Waals surface area contributed by atoms with Crippen molar-refractivity contribution in [2.24, 2.45) is 5.41 Å². The Hall–Kier alpha value is -3.42. The zero-order valence-electron chi connectivity index (χ0n) is 22.5. The standard InChI is InChI=1S/C30H36FN3O4/c1-20(2)37-24-10-8-21(9-11-24)22-6-5-7-23(18-22)34(27(35)36)19-29-12-15-30(16-13-29,17-14-29)25-32-26(38-33-25)28(3,4)31/h5-11,18,20H,12-17,19H2,1-4H3,(H,35,36). The topological polar surface area (TPSA) is 88.7 Å². The highest BCUT2D eigenvalue weighted by atomic mass is 19.1. The van der Waals surface area contributed by atoms with Gasteiger partial charge in [0.25, 0.3) is 5.89 Å². The molecular formula is C30H36FN3O4. The third-order valence-corrected chi connectivity index (χ3v) is 8.25. The number of hydrogen-bond acceptors (Lipinski definition) is 5. The highest BCUT2D eigenvalue weighted by molar-refractivity contribution is 5.87. The molecule has 1 N–H and O–H groups in total. The molecule has 8 heteroatoms. The maximum absolute atomic E-state index is 14.3. The number of benzene rings is 2. The number of carboxylic acid groups (broad SMARTS) is 1. The molecule has 6 rings (SSSR count). The van der Waals surface area contributed by atoms with Gasteiger partial charge in [0.1, 0.15) is 5.75 Å². The lowest BCUT2D eigenvalue weighted by molar-refractivity contribution is 0.0397. The number of amides is 1. The molecule has 3 fully saturated rings. The lowest BCUT2D eigenvalue weighted by Gasteiger charge is -2.53. The maximum Gasteiger partial charge on any atom is 0.411 e. The van der Waals surface area contributed by atoms with Crippen molar-refractivity contribution in [2.75, 3.05) is 11.4 Å². The first-order valence-corrected chi connectivity index (χ1v) is 13.4. The van der Waals surface area contributed by atoms with E-state index in [1.165, 1.54) is 18.7 Å². The lowest BCUT2D eigenvalue weighted by atomic mass is 9.53. The smallest absolute Gasteiger partial charge is 0.411 e. The third kappa shape index (κ3) is 5.13. The van der Waals surface area contributed by atoms with Crippen LogP contribution in [0.15, 0.2) is 53.1 Å². The zero-order chi connectivity index (χ0) is 27.1. The van der Waals surface area contributed by atoms with Gasteiger partial charge in [0.15, 0.2) is 11.5 Å². The van der Waals surface area contributed by atoms with Crippen molar-refractivity contribution in [1.82, 2.24) is 10.1 Å². The zero-order valence-corrected chi connectivity index (χ0v) is 22.5. The molecule has 3 saturated carbocycles. The van der Waals surface area contributed by atoms with Gasteiger partial charge in [-0.2, -0.15) is 4.98 Å². The van der Waals surface area contributed by atoms with E-state index in [9.17, 15) is 14.3 Å². The molecule has 0 saturated heterocycles. The molecule has 3 aromatic rings. The van der Waals surface area contributed by atoms with E-state index in [1.54, 1.807) is 0 Å². The van der Waals surface area contributed by atoms with Gasteiger partial charge in [-0.3, -0.25) is 4.90 Å². The molecule has 0 unspecified atom stereocenters. The van der Waals surface area contributed by atoms with Crippen LogP contribution in [0.4, 0.5) is 14.9 Å².